The van der Waals surface area contributed by atoms with E-state index in [9.17, 15) is 4.79 Å². The molecule has 6 heteroatoms. The Morgan fingerprint density at radius 3 is 3.05 bits per heavy atom. The molecule has 2 aromatic rings. The zero-order valence-electron chi connectivity index (χ0n) is 10.8. The fourth-order valence-electron chi connectivity index (χ4n) is 2.87. The van der Waals surface area contributed by atoms with Gasteiger partial charge in [0.15, 0.2) is 5.82 Å². The molecule has 1 amide bonds. The third kappa shape index (κ3) is 1.36. The van der Waals surface area contributed by atoms with Crippen LogP contribution in [-0.2, 0) is 11.2 Å². The Morgan fingerprint density at radius 1 is 1.35 bits per heavy atom. The van der Waals surface area contributed by atoms with Crippen molar-refractivity contribution < 1.29 is 9.53 Å². The van der Waals surface area contributed by atoms with Crippen molar-refractivity contribution in [2.75, 3.05) is 17.3 Å². The highest BCUT2D eigenvalue weighted by molar-refractivity contribution is 6.07. The van der Waals surface area contributed by atoms with Gasteiger partial charge in [-0.2, -0.15) is 4.98 Å². The van der Waals surface area contributed by atoms with Crippen LogP contribution < -0.4 is 15.0 Å². The number of benzene rings is 1. The number of rotatable bonds is 1. The minimum absolute atomic E-state index is 0.0539. The summed E-state index contributed by atoms with van der Waals surface area (Å²) < 4.78 is 5.20. The first-order valence-electron chi connectivity index (χ1n) is 6.36. The van der Waals surface area contributed by atoms with Crippen LogP contribution in [-0.4, -0.2) is 29.0 Å². The number of hydrogen-bond acceptors (Lipinski definition) is 5. The van der Waals surface area contributed by atoms with Crippen molar-refractivity contribution in [3.8, 4) is 5.88 Å². The smallest absolute Gasteiger partial charge is 0.248 e. The SMILES string of the molecule is COc1ncnc2c1NC(=O)C1Cc3ccccc3N21. The highest BCUT2D eigenvalue weighted by Crippen LogP contribution is 2.45. The summed E-state index contributed by atoms with van der Waals surface area (Å²) in [5.41, 5.74) is 2.71. The number of anilines is 3. The number of methoxy groups -OCH3 is 1. The van der Waals surface area contributed by atoms with E-state index in [-0.39, 0.29) is 11.9 Å². The molecule has 6 nitrogen and oxygen atoms in total. The molecule has 0 saturated carbocycles. The van der Waals surface area contributed by atoms with Crippen LogP contribution in [0, 0.1) is 0 Å². The van der Waals surface area contributed by atoms with Crippen LogP contribution in [0.5, 0.6) is 5.88 Å². The van der Waals surface area contributed by atoms with Gasteiger partial charge in [0, 0.05) is 12.1 Å². The highest BCUT2D eigenvalue weighted by atomic mass is 16.5. The Labute approximate surface area is 115 Å². The molecule has 1 aromatic heterocycles. The fraction of sp³-hybridized carbons (Fsp3) is 0.214. The number of carbonyl (C=O) groups is 1. The van der Waals surface area contributed by atoms with E-state index in [2.05, 4.69) is 15.3 Å². The molecule has 100 valence electrons. The maximum Gasteiger partial charge on any atom is 0.248 e. The lowest BCUT2D eigenvalue weighted by Gasteiger charge is -2.32. The van der Waals surface area contributed by atoms with E-state index in [4.69, 9.17) is 4.74 Å². The minimum atomic E-state index is -0.250. The number of fused-ring (bicyclic) bond motifs is 5. The summed E-state index contributed by atoms with van der Waals surface area (Å²) in [6, 6.07) is 7.74. The van der Waals surface area contributed by atoms with Gasteiger partial charge in [-0.3, -0.25) is 4.79 Å². The van der Waals surface area contributed by atoms with Crippen LogP contribution in [0.2, 0.25) is 0 Å². The molecular weight excluding hydrogens is 256 g/mol. The van der Waals surface area contributed by atoms with Crippen molar-refractivity contribution in [1.82, 2.24) is 9.97 Å². The number of nitrogens with one attached hydrogen (secondary N) is 1. The normalized spacial score (nSPS) is 18.9. The van der Waals surface area contributed by atoms with E-state index in [1.54, 1.807) is 0 Å². The number of hydrogen-bond donors (Lipinski definition) is 1. The molecule has 20 heavy (non-hydrogen) atoms. The fourth-order valence-corrected chi connectivity index (χ4v) is 2.87. The first-order chi connectivity index (χ1) is 9.79. The van der Waals surface area contributed by atoms with E-state index < -0.39 is 0 Å². The topological polar surface area (TPSA) is 67.4 Å². The molecule has 1 atom stereocenters. The third-order valence-corrected chi connectivity index (χ3v) is 3.74. The van der Waals surface area contributed by atoms with Gasteiger partial charge < -0.3 is 15.0 Å². The van der Waals surface area contributed by atoms with E-state index in [1.807, 2.05) is 29.2 Å². The van der Waals surface area contributed by atoms with Gasteiger partial charge >= 0.3 is 0 Å². The van der Waals surface area contributed by atoms with E-state index in [0.717, 1.165) is 11.3 Å². The number of para-hydroxylation sites is 1. The molecule has 4 rings (SSSR count). The summed E-state index contributed by atoms with van der Waals surface area (Å²) in [6.45, 7) is 0. The number of nitrogens with zero attached hydrogens (tertiary/aromatic N) is 3. The van der Waals surface area contributed by atoms with E-state index >= 15 is 0 Å². The lowest BCUT2D eigenvalue weighted by atomic mass is 10.1. The molecule has 1 aromatic carbocycles. The summed E-state index contributed by atoms with van der Waals surface area (Å²) in [5.74, 6) is 1.01. The van der Waals surface area contributed by atoms with Gasteiger partial charge in [-0.05, 0) is 11.6 Å². The molecule has 3 heterocycles. The van der Waals surface area contributed by atoms with Crippen molar-refractivity contribution in [1.29, 1.82) is 0 Å². The lowest BCUT2D eigenvalue weighted by Crippen LogP contribution is -2.44. The summed E-state index contributed by atoms with van der Waals surface area (Å²) >= 11 is 0. The summed E-state index contributed by atoms with van der Waals surface area (Å²) in [4.78, 5) is 22.6. The molecular formula is C14H12N4O2. The van der Waals surface area contributed by atoms with Crippen molar-refractivity contribution in [3.63, 3.8) is 0 Å². The number of carbonyl (C=O) groups excluding carboxylic acids is 1. The Balaban J connectivity index is 1.95. The van der Waals surface area contributed by atoms with Crippen molar-refractivity contribution >= 4 is 23.1 Å². The van der Waals surface area contributed by atoms with Crippen LogP contribution in [0.4, 0.5) is 17.2 Å². The predicted octanol–water partition coefficient (Wildman–Crippen LogP) is 1.50. The summed E-state index contributed by atoms with van der Waals surface area (Å²) in [5, 5.41) is 2.86. The highest BCUT2D eigenvalue weighted by Gasteiger charge is 2.42. The van der Waals surface area contributed by atoms with Gasteiger partial charge in [-0.25, -0.2) is 4.98 Å². The molecule has 0 spiro atoms. The quantitative estimate of drug-likeness (QED) is 0.849. The van der Waals surface area contributed by atoms with Crippen molar-refractivity contribution in [3.05, 3.63) is 36.2 Å². The molecule has 0 radical (unpaired) electrons. The maximum atomic E-state index is 12.3. The molecule has 1 N–H and O–H groups in total. The van der Waals surface area contributed by atoms with Gasteiger partial charge in [0.05, 0.1) is 7.11 Å². The van der Waals surface area contributed by atoms with Crippen LogP contribution in [0.25, 0.3) is 0 Å². The Hall–Kier alpha value is -2.63. The zero-order chi connectivity index (χ0) is 13.7. The number of ether oxygens (including phenoxy) is 1. The lowest BCUT2D eigenvalue weighted by molar-refractivity contribution is -0.117. The molecule has 2 aliphatic rings. The van der Waals surface area contributed by atoms with Crippen LogP contribution in [0.15, 0.2) is 30.6 Å². The standard InChI is InChI=1S/C14H12N4O2/c1-20-14-11-12(15-7-16-14)18-9-5-3-2-4-8(9)6-10(18)13(19)17-11/h2-5,7,10H,6H2,1H3,(H,17,19). The first kappa shape index (κ1) is 11.2. The van der Waals surface area contributed by atoms with E-state index in [0.29, 0.717) is 23.8 Å². The molecule has 0 saturated heterocycles. The van der Waals surface area contributed by atoms with Crippen molar-refractivity contribution in [2.45, 2.75) is 12.5 Å². The summed E-state index contributed by atoms with van der Waals surface area (Å²) in [7, 11) is 1.53. The van der Waals surface area contributed by atoms with Gasteiger partial charge in [-0.15, -0.1) is 0 Å². The maximum absolute atomic E-state index is 12.3. The van der Waals surface area contributed by atoms with E-state index in [1.165, 1.54) is 13.4 Å². The first-order valence-corrected chi connectivity index (χ1v) is 6.36. The molecule has 2 aliphatic heterocycles. The monoisotopic (exact) mass is 268 g/mol. The zero-order valence-corrected chi connectivity index (χ0v) is 10.8. The average molecular weight is 268 g/mol. The van der Waals surface area contributed by atoms with Crippen LogP contribution in [0.3, 0.4) is 0 Å². The van der Waals surface area contributed by atoms with Crippen molar-refractivity contribution in [2.24, 2.45) is 0 Å². The molecule has 0 bridgehead atoms. The largest absolute Gasteiger partial charge is 0.479 e. The Morgan fingerprint density at radius 2 is 2.20 bits per heavy atom. The number of amides is 1. The summed E-state index contributed by atoms with van der Waals surface area (Å²) in [6.07, 6.45) is 2.14. The minimum Gasteiger partial charge on any atom is -0.479 e. The second kappa shape index (κ2) is 3.93. The van der Waals surface area contributed by atoms with Gasteiger partial charge in [0.25, 0.3) is 0 Å². The average Bonchev–Trinajstić information content (AvgIpc) is 2.87. The van der Waals surface area contributed by atoms with Crippen LogP contribution in [0.1, 0.15) is 5.56 Å². The molecule has 0 fully saturated rings. The molecule has 1 unspecified atom stereocenters. The van der Waals surface area contributed by atoms with Crippen LogP contribution >= 0.6 is 0 Å². The number of aromatic nitrogens is 2. The predicted molar refractivity (Wildman–Crippen MR) is 73.3 cm³/mol. The second-order valence-electron chi connectivity index (χ2n) is 4.79. The second-order valence-corrected chi connectivity index (χ2v) is 4.79. The van der Waals surface area contributed by atoms with Gasteiger partial charge in [0.2, 0.25) is 11.8 Å². The van der Waals surface area contributed by atoms with Gasteiger partial charge in [0.1, 0.15) is 18.1 Å². The Bertz CT molecular complexity index is 716. The third-order valence-electron chi connectivity index (χ3n) is 3.74. The molecule has 0 aliphatic carbocycles. The Kier molecular flexibility index (Phi) is 2.20. The van der Waals surface area contributed by atoms with Gasteiger partial charge in [-0.1, -0.05) is 18.2 Å².